The second-order valence-corrected chi connectivity index (χ2v) is 7.20. The smallest absolute Gasteiger partial charge is 0.343 e. The van der Waals surface area contributed by atoms with E-state index in [1.54, 1.807) is 31.2 Å². The van der Waals surface area contributed by atoms with E-state index in [1.807, 2.05) is 30.3 Å². The van der Waals surface area contributed by atoms with Gasteiger partial charge in [0.2, 0.25) is 0 Å². The second-order valence-electron chi connectivity index (χ2n) is 6.29. The molecule has 0 spiro atoms. The van der Waals surface area contributed by atoms with Crippen LogP contribution < -0.4 is 4.74 Å². The van der Waals surface area contributed by atoms with Crippen molar-refractivity contribution in [2.24, 2.45) is 0 Å². The Morgan fingerprint density at radius 2 is 1.70 bits per heavy atom. The molecule has 0 amide bonds. The summed E-state index contributed by atoms with van der Waals surface area (Å²) in [5, 5.41) is 2.19. The van der Waals surface area contributed by atoms with Crippen LogP contribution in [0, 0.1) is 6.92 Å². The second kappa shape index (κ2) is 6.67. The van der Waals surface area contributed by atoms with E-state index in [9.17, 15) is 9.59 Å². The molecule has 0 aliphatic heterocycles. The molecule has 1 aromatic heterocycles. The van der Waals surface area contributed by atoms with Crippen molar-refractivity contribution < 1.29 is 18.7 Å². The number of esters is 1. The van der Waals surface area contributed by atoms with E-state index >= 15 is 0 Å². The lowest BCUT2D eigenvalue weighted by Crippen LogP contribution is -2.08. The quantitative estimate of drug-likeness (QED) is 0.228. The van der Waals surface area contributed by atoms with Crippen molar-refractivity contribution in [2.75, 3.05) is 0 Å². The highest BCUT2D eigenvalue weighted by molar-refractivity contribution is 9.10. The van der Waals surface area contributed by atoms with Gasteiger partial charge in [-0.25, -0.2) is 4.79 Å². The third kappa shape index (κ3) is 3.04. The molecule has 4 nitrogen and oxygen atoms in total. The van der Waals surface area contributed by atoms with E-state index in [0.29, 0.717) is 33.6 Å². The number of aryl methyl sites for hydroxylation is 1. The van der Waals surface area contributed by atoms with E-state index in [4.69, 9.17) is 9.15 Å². The van der Waals surface area contributed by atoms with Gasteiger partial charge in [-0.15, -0.1) is 0 Å². The number of Topliss-reactive ketones (excluding diaryl/α,β-unsaturated/α-hetero) is 1. The van der Waals surface area contributed by atoms with Crippen LogP contribution >= 0.6 is 15.9 Å². The summed E-state index contributed by atoms with van der Waals surface area (Å²) >= 11 is 3.36. The predicted octanol–water partition coefficient (Wildman–Crippen LogP) is 6.08. The van der Waals surface area contributed by atoms with Gasteiger partial charge in [-0.2, -0.15) is 0 Å². The Labute approximate surface area is 163 Å². The van der Waals surface area contributed by atoms with Crippen molar-refractivity contribution in [3.63, 3.8) is 0 Å². The Bertz CT molecular complexity index is 1220. The third-order valence-electron chi connectivity index (χ3n) is 4.45. The Morgan fingerprint density at radius 3 is 2.41 bits per heavy atom. The average molecular weight is 423 g/mol. The zero-order valence-corrected chi connectivity index (χ0v) is 16.3. The summed E-state index contributed by atoms with van der Waals surface area (Å²) in [7, 11) is 0. The lowest BCUT2D eigenvalue weighted by molar-refractivity contribution is 0.0737. The molecule has 0 aliphatic carbocycles. The van der Waals surface area contributed by atoms with Gasteiger partial charge >= 0.3 is 5.97 Å². The highest BCUT2D eigenvalue weighted by Crippen LogP contribution is 2.38. The molecule has 0 radical (unpaired) electrons. The molecule has 0 unspecified atom stereocenters. The minimum atomic E-state index is -0.467. The topological polar surface area (TPSA) is 56.5 Å². The summed E-state index contributed by atoms with van der Waals surface area (Å²) in [5.41, 5.74) is 1.56. The molecule has 4 rings (SSSR count). The summed E-state index contributed by atoms with van der Waals surface area (Å²) in [5.74, 6) is 0.390. The van der Waals surface area contributed by atoms with Crippen LogP contribution in [0.1, 0.15) is 33.4 Å². The van der Waals surface area contributed by atoms with Crippen LogP contribution in [0.2, 0.25) is 0 Å². The molecule has 0 saturated carbocycles. The maximum atomic E-state index is 12.6. The van der Waals surface area contributed by atoms with Gasteiger partial charge in [0.1, 0.15) is 17.1 Å². The van der Waals surface area contributed by atoms with Gasteiger partial charge in [-0.3, -0.25) is 4.79 Å². The molecule has 0 fully saturated rings. The van der Waals surface area contributed by atoms with Crippen molar-refractivity contribution in [3.8, 4) is 5.75 Å². The largest absolute Gasteiger partial charge is 0.460 e. The van der Waals surface area contributed by atoms with Crippen LogP contribution in [-0.4, -0.2) is 11.8 Å². The number of ketones is 1. The number of furan rings is 1. The van der Waals surface area contributed by atoms with E-state index in [1.165, 1.54) is 6.92 Å². The van der Waals surface area contributed by atoms with Gasteiger partial charge in [0.15, 0.2) is 5.78 Å². The molecule has 0 aliphatic rings. The normalized spacial score (nSPS) is 11.1. The van der Waals surface area contributed by atoms with Crippen molar-refractivity contribution in [1.29, 1.82) is 0 Å². The number of ether oxygens (including phenoxy) is 1. The van der Waals surface area contributed by atoms with Crippen LogP contribution in [0.4, 0.5) is 0 Å². The fourth-order valence-corrected chi connectivity index (χ4v) is 3.70. The van der Waals surface area contributed by atoms with Crippen LogP contribution in [0.5, 0.6) is 5.75 Å². The molecule has 4 aromatic rings. The fraction of sp³-hybridized carbons (Fsp3) is 0.0909. The van der Waals surface area contributed by atoms with E-state index in [0.717, 1.165) is 15.2 Å². The fourth-order valence-electron chi connectivity index (χ4n) is 3.30. The molecule has 27 heavy (non-hydrogen) atoms. The van der Waals surface area contributed by atoms with Gasteiger partial charge in [-0.05, 0) is 38.1 Å². The number of carbonyl (C=O) groups is 2. The summed E-state index contributed by atoms with van der Waals surface area (Å²) in [4.78, 5) is 24.7. The first-order chi connectivity index (χ1) is 13.0. The van der Waals surface area contributed by atoms with Gasteiger partial charge in [0, 0.05) is 20.6 Å². The molecule has 3 aromatic carbocycles. The standard InChI is InChI=1S/C22H15BrO4/c1-12(24)20-13(2)26-21-17-9-4-3-8-16(17)19(11-18(20)21)27-22(25)14-6-5-7-15(23)10-14/h3-11H,1-2H3. The lowest BCUT2D eigenvalue weighted by Gasteiger charge is -2.09. The molecule has 1 heterocycles. The van der Waals surface area contributed by atoms with Gasteiger partial charge < -0.3 is 9.15 Å². The van der Waals surface area contributed by atoms with E-state index in [-0.39, 0.29) is 5.78 Å². The number of benzene rings is 3. The minimum absolute atomic E-state index is 0.0919. The maximum absolute atomic E-state index is 12.6. The first kappa shape index (κ1) is 17.5. The molecule has 5 heteroatoms. The van der Waals surface area contributed by atoms with Crippen molar-refractivity contribution in [3.05, 3.63) is 76.0 Å². The first-order valence-electron chi connectivity index (χ1n) is 8.39. The summed E-state index contributed by atoms with van der Waals surface area (Å²) in [6, 6.07) is 16.2. The molecule has 134 valence electrons. The lowest BCUT2D eigenvalue weighted by atomic mass is 10.0. The SMILES string of the molecule is CC(=O)c1c(C)oc2c1cc(OC(=O)c1cccc(Br)c1)c1ccccc12. The maximum Gasteiger partial charge on any atom is 0.343 e. The molecule has 0 saturated heterocycles. The monoisotopic (exact) mass is 422 g/mol. The molecule has 0 atom stereocenters. The van der Waals surface area contributed by atoms with E-state index < -0.39 is 5.97 Å². The number of carbonyl (C=O) groups excluding carboxylic acids is 2. The summed E-state index contributed by atoms with van der Waals surface area (Å²) in [6.07, 6.45) is 0. The number of fused-ring (bicyclic) bond motifs is 3. The van der Waals surface area contributed by atoms with Crippen molar-refractivity contribution in [2.45, 2.75) is 13.8 Å². The molecular formula is C22H15BrO4. The van der Waals surface area contributed by atoms with Crippen LogP contribution in [0.25, 0.3) is 21.7 Å². The molecule has 0 bridgehead atoms. The Balaban J connectivity index is 1.92. The van der Waals surface area contributed by atoms with Crippen molar-refractivity contribution in [1.82, 2.24) is 0 Å². The first-order valence-corrected chi connectivity index (χ1v) is 9.18. The zero-order valence-electron chi connectivity index (χ0n) is 14.7. The number of halogens is 1. The van der Waals surface area contributed by atoms with Gasteiger partial charge in [0.25, 0.3) is 0 Å². The third-order valence-corrected chi connectivity index (χ3v) is 4.94. The van der Waals surface area contributed by atoms with Crippen LogP contribution in [0.3, 0.4) is 0 Å². The van der Waals surface area contributed by atoms with Gasteiger partial charge in [0.05, 0.1) is 11.1 Å². The number of hydrogen-bond acceptors (Lipinski definition) is 4. The number of hydrogen-bond donors (Lipinski definition) is 0. The van der Waals surface area contributed by atoms with E-state index in [2.05, 4.69) is 15.9 Å². The number of rotatable bonds is 3. The summed E-state index contributed by atoms with van der Waals surface area (Å²) < 4.78 is 12.4. The highest BCUT2D eigenvalue weighted by atomic mass is 79.9. The highest BCUT2D eigenvalue weighted by Gasteiger charge is 2.20. The van der Waals surface area contributed by atoms with Crippen LogP contribution in [-0.2, 0) is 0 Å². The Kier molecular flexibility index (Phi) is 4.32. The zero-order chi connectivity index (χ0) is 19.1. The predicted molar refractivity (Wildman–Crippen MR) is 108 cm³/mol. The Hall–Kier alpha value is -2.92. The molecular weight excluding hydrogens is 408 g/mol. The van der Waals surface area contributed by atoms with Gasteiger partial charge in [-0.1, -0.05) is 46.3 Å². The minimum Gasteiger partial charge on any atom is -0.460 e. The Morgan fingerprint density at radius 1 is 0.963 bits per heavy atom. The average Bonchev–Trinajstić information content (AvgIpc) is 2.98. The molecule has 0 N–H and O–H groups in total. The summed E-state index contributed by atoms with van der Waals surface area (Å²) in [6.45, 7) is 3.26. The van der Waals surface area contributed by atoms with Crippen LogP contribution in [0.15, 0.2) is 63.5 Å². The van der Waals surface area contributed by atoms with Crippen molar-refractivity contribution >= 4 is 49.4 Å².